The number of anilines is 1. The molecule has 21 heavy (non-hydrogen) atoms. The number of esters is 1. The van der Waals surface area contributed by atoms with Crippen molar-refractivity contribution in [1.82, 2.24) is 4.98 Å². The van der Waals surface area contributed by atoms with Crippen LogP contribution in [-0.2, 0) is 16.0 Å². The zero-order valence-electron chi connectivity index (χ0n) is 12.8. The third-order valence-electron chi connectivity index (χ3n) is 2.76. The van der Waals surface area contributed by atoms with Gasteiger partial charge in [0.05, 0.1) is 12.1 Å². The first-order valence-corrected chi connectivity index (χ1v) is 7.60. The third-order valence-corrected chi connectivity index (χ3v) is 3.65. The number of aryl methyl sites for hydroxylation is 1. The van der Waals surface area contributed by atoms with Crippen molar-refractivity contribution in [2.45, 2.75) is 39.7 Å². The van der Waals surface area contributed by atoms with E-state index in [2.05, 4.69) is 4.98 Å². The summed E-state index contributed by atoms with van der Waals surface area (Å²) >= 11 is 1.33. The van der Waals surface area contributed by atoms with Crippen LogP contribution < -0.4 is 5.73 Å². The highest BCUT2D eigenvalue weighted by Crippen LogP contribution is 2.30. The van der Waals surface area contributed by atoms with Crippen molar-refractivity contribution in [2.24, 2.45) is 0 Å². The molecule has 0 aliphatic carbocycles. The highest BCUT2D eigenvalue weighted by atomic mass is 32.1. The summed E-state index contributed by atoms with van der Waals surface area (Å²) in [5, 5.41) is 0.462. The lowest BCUT2D eigenvalue weighted by atomic mass is 10.1. The maximum Gasteiger partial charge on any atom is 0.311 e. The average Bonchev–Trinajstić information content (AvgIpc) is 2.68. The lowest BCUT2D eigenvalue weighted by Crippen LogP contribution is -2.24. The Balaban J connectivity index is 2.25. The predicted octanol–water partition coefficient (Wildman–Crippen LogP) is 3.58. The van der Waals surface area contributed by atoms with Crippen molar-refractivity contribution >= 4 is 22.4 Å². The third kappa shape index (κ3) is 4.29. The van der Waals surface area contributed by atoms with Gasteiger partial charge in [-0.3, -0.25) is 4.79 Å². The van der Waals surface area contributed by atoms with Crippen LogP contribution in [0.5, 0.6) is 0 Å². The molecule has 4 nitrogen and oxygen atoms in total. The molecule has 5 heteroatoms. The van der Waals surface area contributed by atoms with Crippen molar-refractivity contribution < 1.29 is 9.53 Å². The maximum atomic E-state index is 12.0. The van der Waals surface area contributed by atoms with E-state index in [4.69, 9.17) is 10.5 Å². The summed E-state index contributed by atoms with van der Waals surface area (Å²) in [5.41, 5.74) is 8.22. The number of carbonyl (C=O) groups is 1. The van der Waals surface area contributed by atoms with Gasteiger partial charge in [0.15, 0.2) is 5.13 Å². The number of hydrogen-bond donors (Lipinski definition) is 1. The number of aromatic nitrogens is 1. The van der Waals surface area contributed by atoms with Gasteiger partial charge in [-0.1, -0.05) is 29.8 Å². The van der Waals surface area contributed by atoms with E-state index in [1.54, 1.807) is 0 Å². The Labute approximate surface area is 129 Å². The van der Waals surface area contributed by atoms with Gasteiger partial charge < -0.3 is 10.5 Å². The molecule has 0 fully saturated rings. The number of rotatable bonds is 3. The predicted molar refractivity (Wildman–Crippen MR) is 86.2 cm³/mol. The van der Waals surface area contributed by atoms with E-state index in [1.807, 2.05) is 52.0 Å². The zero-order valence-corrected chi connectivity index (χ0v) is 13.6. The molecule has 0 spiro atoms. The quantitative estimate of drug-likeness (QED) is 0.880. The monoisotopic (exact) mass is 304 g/mol. The fraction of sp³-hybridized carbons (Fsp3) is 0.375. The molecule has 1 heterocycles. The van der Waals surface area contributed by atoms with Gasteiger partial charge in [0.2, 0.25) is 0 Å². The van der Waals surface area contributed by atoms with Crippen molar-refractivity contribution in [3.05, 3.63) is 34.7 Å². The number of thiazole rings is 1. The number of nitrogen functional groups attached to an aromatic ring is 1. The van der Waals surface area contributed by atoms with E-state index >= 15 is 0 Å². The van der Waals surface area contributed by atoms with Crippen molar-refractivity contribution in [3.8, 4) is 11.3 Å². The summed E-state index contributed by atoms with van der Waals surface area (Å²) in [7, 11) is 0. The summed E-state index contributed by atoms with van der Waals surface area (Å²) in [4.78, 5) is 17.2. The van der Waals surface area contributed by atoms with Gasteiger partial charge in [-0.25, -0.2) is 4.98 Å². The molecule has 2 N–H and O–H groups in total. The van der Waals surface area contributed by atoms with Gasteiger partial charge in [-0.15, -0.1) is 11.3 Å². The normalized spacial score (nSPS) is 11.4. The summed E-state index contributed by atoms with van der Waals surface area (Å²) in [6.45, 7) is 7.59. The molecule has 0 radical (unpaired) electrons. The molecule has 2 rings (SSSR count). The number of nitrogens with zero attached hydrogens (tertiary/aromatic N) is 1. The first-order chi connectivity index (χ1) is 9.74. The molecule has 0 saturated carbocycles. The van der Waals surface area contributed by atoms with E-state index in [0.29, 0.717) is 5.13 Å². The van der Waals surface area contributed by atoms with Crippen LogP contribution in [0.4, 0.5) is 5.13 Å². The van der Waals surface area contributed by atoms with E-state index in [1.165, 1.54) is 16.9 Å². The molecule has 112 valence electrons. The van der Waals surface area contributed by atoms with Gasteiger partial charge in [0, 0.05) is 10.4 Å². The van der Waals surface area contributed by atoms with Gasteiger partial charge in [-0.05, 0) is 27.7 Å². The van der Waals surface area contributed by atoms with E-state index in [9.17, 15) is 4.79 Å². The van der Waals surface area contributed by atoms with E-state index in [0.717, 1.165) is 16.1 Å². The summed E-state index contributed by atoms with van der Waals surface area (Å²) in [6, 6.07) is 8.01. The van der Waals surface area contributed by atoms with E-state index < -0.39 is 5.60 Å². The molecule has 0 amide bonds. The summed E-state index contributed by atoms with van der Waals surface area (Å²) in [6.07, 6.45) is 0.190. The van der Waals surface area contributed by atoms with Gasteiger partial charge in [0.25, 0.3) is 0 Å². The highest BCUT2D eigenvalue weighted by Gasteiger charge is 2.20. The largest absolute Gasteiger partial charge is 0.460 e. The minimum Gasteiger partial charge on any atom is -0.460 e. The molecular formula is C16H20N2O2S. The fourth-order valence-electron chi connectivity index (χ4n) is 1.94. The second-order valence-corrected chi connectivity index (χ2v) is 7.07. The number of ether oxygens (including phenoxy) is 1. The molecule has 0 aliphatic rings. The Morgan fingerprint density at radius 3 is 2.48 bits per heavy atom. The number of nitrogens with two attached hydrogens (primary N) is 1. The Hall–Kier alpha value is -1.88. The van der Waals surface area contributed by atoms with Crippen LogP contribution in [0.2, 0.25) is 0 Å². The summed E-state index contributed by atoms with van der Waals surface area (Å²) < 4.78 is 5.36. The fourth-order valence-corrected chi connectivity index (χ4v) is 2.77. The van der Waals surface area contributed by atoms with E-state index in [-0.39, 0.29) is 12.4 Å². The first-order valence-electron chi connectivity index (χ1n) is 6.78. The Bertz CT molecular complexity index is 639. The Morgan fingerprint density at radius 2 is 1.90 bits per heavy atom. The molecule has 0 aliphatic heterocycles. The van der Waals surface area contributed by atoms with Crippen LogP contribution in [0.15, 0.2) is 24.3 Å². The smallest absolute Gasteiger partial charge is 0.311 e. The maximum absolute atomic E-state index is 12.0. The standard InChI is InChI=1S/C16H20N2O2S/c1-10-5-7-11(8-6-10)14-12(21-15(17)18-14)9-13(19)20-16(2,3)4/h5-8H,9H2,1-4H3,(H2,17,18). The molecule has 1 aromatic carbocycles. The molecule has 1 aromatic heterocycles. The number of benzene rings is 1. The van der Waals surface area contributed by atoms with Gasteiger partial charge in [-0.2, -0.15) is 0 Å². The van der Waals surface area contributed by atoms with Crippen molar-refractivity contribution in [1.29, 1.82) is 0 Å². The van der Waals surface area contributed by atoms with Crippen LogP contribution >= 0.6 is 11.3 Å². The average molecular weight is 304 g/mol. The van der Waals surface area contributed by atoms with Crippen LogP contribution in [0, 0.1) is 6.92 Å². The van der Waals surface area contributed by atoms with Crippen molar-refractivity contribution in [2.75, 3.05) is 5.73 Å². The molecule has 0 bridgehead atoms. The Kier molecular flexibility index (Phi) is 4.32. The van der Waals surface area contributed by atoms with Gasteiger partial charge in [0.1, 0.15) is 5.60 Å². The van der Waals surface area contributed by atoms with Crippen molar-refractivity contribution in [3.63, 3.8) is 0 Å². The second-order valence-electron chi connectivity index (χ2n) is 5.95. The van der Waals surface area contributed by atoms with Gasteiger partial charge >= 0.3 is 5.97 Å². The molecular weight excluding hydrogens is 284 g/mol. The number of hydrogen-bond acceptors (Lipinski definition) is 5. The van der Waals surface area contributed by atoms with Crippen LogP contribution in [-0.4, -0.2) is 16.6 Å². The minimum absolute atomic E-state index is 0.190. The lowest BCUT2D eigenvalue weighted by molar-refractivity contribution is -0.153. The SMILES string of the molecule is Cc1ccc(-c2nc(N)sc2CC(=O)OC(C)(C)C)cc1. The first kappa shape index (κ1) is 15.5. The zero-order chi connectivity index (χ0) is 15.6. The second kappa shape index (κ2) is 5.85. The van der Waals surface area contributed by atoms with Crippen LogP contribution in [0.25, 0.3) is 11.3 Å². The minimum atomic E-state index is -0.489. The lowest BCUT2D eigenvalue weighted by Gasteiger charge is -2.19. The van der Waals surface area contributed by atoms with Crippen LogP contribution in [0.1, 0.15) is 31.2 Å². The van der Waals surface area contributed by atoms with Crippen LogP contribution in [0.3, 0.4) is 0 Å². The Morgan fingerprint density at radius 1 is 1.29 bits per heavy atom. The topological polar surface area (TPSA) is 65.2 Å². The number of carbonyl (C=O) groups excluding carboxylic acids is 1. The molecule has 0 unspecified atom stereocenters. The molecule has 0 atom stereocenters. The molecule has 0 saturated heterocycles. The highest BCUT2D eigenvalue weighted by molar-refractivity contribution is 7.15. The molecule has 2 aromatic rings. The summed E-state index contributed by atoms with van der Waals surface area (Å²) in [5.74, 6) is -0.264.